The van der Waals surface area contributed by atoms with E-state index in [1.54, 1.807) is 18.7 Å². The maximum Gasteiger partial charge on any atom is 0.246 e. The molecule has 0 amide bonds. The first-order chi connectivity index (χ1) is 9.65. The van der Waals surface area contributed by atoms with Gasteiger partial charge >= 0.3 is 0 Å². The van der Waals surface area contributed by atoms with E-state index in [9.17, 15) is 8.42 Å². The van der Waals surface area contributed by atoms with Crippen molar-refractivity contribution in [2.45, 2.75) is 32.2 Å². The van der Waals surface area contributed by atoms with Crippen LogP contribution in [0.3, 0.4) is 0 Å². The second-order valence-corrected chi connectivity index (χ2v) is 6.72. The van der Waals surface area contributed by atoms with Crippen molar-refractivity contribution in [1.82, 2.24) is 24.3 Å². The molecule has 116 valence electrons. The number of nitrogens with two attached hydrogens (primary N) is 1. The van der Waals surface area contributed by atoms with Crippen molar-refractivity contribution >= 4 is 15.8 Å². The lowest BCUT2D eigenvalue weighted by molar-refractivity contribution is 0.580. The van der Waals surface area contributed by atoms with Crippen molar-refractivity contribution in [3.05, 3.63) is 22.6 Å². The molecule has 3 N–H and O–H groups in total. The summed E-state index contributed by atoms with van der Waals surface area (Å²) in [5.41, 5.74) is 8.78. The number of hydrogen-bond acceptors (Lipinski definition) is 5. The fraction of sp³-hybridized carbons (Fsp3) is 0.500. The van der Waals surface area contributed by atoms with Crippen LogP contribution in [-0.4, -0.2) is 28.0 Å². The number of rotatable bonds is 4. The largest absolute Gasteiger partial charge is 0.381 e. The third kappa shape index (κ3) is 2.66. The van der Waals surface area contributed by atoms with Gasteiger partial charge in [0, 0.05) is 31.9 Å². The number of aromatic nitrogens is 4. The fourth-order valence-corrected chi connectivity index (χ4v) is 3.57. The van der Waals surface area contributed by atoms with E-state index in [1.807, 2.05) is 20.9 Å². The van der Waals surface area contributed by atoms with Gasteiger partial charge in [-0.3, -0.25) is 9.36 Å². The minimum atomic E-state index is -3.72. The Kier molecular flexibility index (Phi) is 3.81. The molecule has 2 aromatic heterocycles. The molecule has 0 spiro atoms. The minimum Gasteiger partial charge on any atom is -0.381 e. The van der Waals surface area contributed by atoms with Crippen molar-refractivity contribution in [2.24, 2.45) is 14.1 Å². The third-order valence-corrected chi connectivity index (χ3v) is 5.24. The predicted octanol–water partition coefficient (Wildman–Crippen LogP) is 0.140. The molecule has 9 heteroatoms. The molecule has 0 radical (unpaired) electrons. The van der Waals surface area contributed by atoms with E-state index in [-0.39, 0.29) is 17.3 Å². The van der Waals surface area contributed by atoms with Crippen LogP contribution in [0.2, 0.25) is 0 Å². The summed E-state index contributed by atoms with van der Waals surface area (Å²) in [4.78, 5) is 0.0317. The second-order valence-electron chi connectivity index (χ2n) is 5.02. The predicted molar refractivity (Wildman–Crippen MR) is 79.1 cm³/mol. The Hall–Kier alpha value is -1.87. The van der Waals surface area contributed by atoms with Crippen molar-refractivity contribution in [3.8, 4) is 0 Å². The van der Waals surface area contributed by atoms with Crippen LogP contribution in [-0.2, 0) is 30.7 Å². The maximum atomic E-state index is 12.4. The van der Waals surface area contributed by atoms with Crippen LogP contribution in [0.25, 0.3) is 0 Å². The summed E-state index contributed by atoms with van der Waals surface area (Å²) in [7, 11) is -0.243. The second kappa shape index (κ2) is 5.15. The molecule has 8 nitrogen and oxygen atoms in total. The van der Waals surface area contributed by atoms with Crippen molar-refractivity contribution in [1.29, 1.82) is 0 Å². The Morgan fingerprint density at radius 1 is 1.10 bits per heavy atom. The Balaban J connectivity index is 2.30. The van der Waals surface area contributed by atoms with Gasteiger partial charge in [-0.2, -0.15) is 10.2 Å². The standard InChI is InChI=1S/C12H20N6O2S/c1-7-10(8(2)17(4)15-7)6-14-21(19,20)11-9(3)18(5)16-12(11)13/h14H,6H2,1-5H3,(H2,13,16). The summed E-state index contributed by atoms with van der Waals surface area (Å²) in [6.07, 6.45) is 0. The van der Waals surface area contributed by atoms with Gasteiger partial charge in [-0.15, -0.1) is 0 Å². The molecule has 0 saturated carbocycles. The molecule has 0 aliphatic heterocycles. The van der Waals surface area contributed by atoms with Gasteiger partial charge in [0.05, 0.1) is 11.4 Å². The zero-order valence-corrected chi connectivity index (χ0v) is 13.6. The number of nitrogens with one attached hydrogen (secondary N) is 1. The van der Waals surface area contributed by atoms with Crippen LogP contribution in [0.15, 0.2) is 4.90 Å². The zero-order chi connectivity index (χ0) is 15.9. The highest BCUT2D eigenvalue weighted by Gasteiger charge is 2.25. The highest BCUT2D eigenvalue weighted by molar-refractivity contribution is 7.89. The van der Waals surface area contributed by atoms with E-state index in [1.165, 1.54) is 4.68 Å². The lowest BCUT2D eigenvalue weighted by Crippen LogP contribution is -2.25. The lowest BCUT2D eigenvalue weighted by Gasteiger charge is -2.07. The molecule has 2 rings (SSSR count). The summed E-state index contributed by atoms with van der Waals surface area (Å²) in [5, 5.41) is 8.19. The molecule has 0 fully saturated rings. The Bertz CT molecular complexity index is 787. The minimum absolute atomic E-state index is 0.00197. The van der Waals surface area contributed by atoms with Crippen LogP contribution in [0.1, 0.15) is 22.6 Å². The van der Waals surface area contributed by atoms with Crippen LogP contribution in [0.4, 0.5) is 5.82 Å². The number of sulfonamides is 1. The molecule has 0 aromatic carbocycles. The molecule has 0 aliphatic rings. The average Bonchev–Trinajstić information content (AvgIpc) is 2.75. The number of hydrogen-bond donors (Lipinski definition) is 2. The van der Waals surface area contributed by atoms with Gasteiger partial charge in [0.25, 0.3) is 0 Å². The van der Waals surface area contributed by atoms with Gasteiger partial charge in [-0.05, 0) is 20.8 Å². The van der Waals surface area contributed by atoms with Crippen molar-refractivity contribution in [2.75, 3.05) is 5.73 Å². The number of anilines is 1. The summed E-state index contributed by atoms with van der Waals surface area (Å²) in [5.74, 6) is 0.00197. The monoisotopic (exact) mass is 312 g/mol. The molecular weight excluding hydrogens is 292 g/mol. The molecule has 0 bridgehead atoms. The zero-order valence-electron chi connectivity index (χ0n) is 12.8. The summed E-state index contributed by atoms with van der Waals surface area (Å²) in [6, 6.07) is 0. The highest BCUT2D eigenvalue weighted by Crippen LogP contribution is 2.21. The number of nitrogen functional groups attached to an aromatic ring is 1. The van der Waals surface area contributed by atoms with Gasteiger partial charge in [0.2, 0.25) is 10.0 Å². The van der Waals surface area contributed by atoms with E-state index < -0.39 is 10.0 Å². The molecule has 0 unspecified atom stereocenters. The van der Waals surface area contributed by atoms with E-state index in [0.717, 1.165) is 17.0 Å². The van der Waals surface area contributed by atoms with Crippen molar-refractivity contribution in [3.63, 3.8) is 0 Å². The maximum absolute atomic E-state index is 12.4. The van der Waals surface area contributed by atoms with E-state index in [4.69, 9.17) is 5.73 Å². The van der Waals surface area contributed by atoms with Crippen LogP contribution < -0.4 is 10.5 Å². The highest BCUT2D eigenvalue weighted by atomic mass is 32.2. The SMILES string of the molecule is Cc1nn(C)c(C)c1CNS(=O)(=O)c1c(N)nn(C)c1C. The molecule has 21 heavy (non-hydrogen) atoms. The molecule has 0 atom stereocenters. The van der Waals surface area contributed by atoms with E-state index in [0.29, 0.717) is 5.69 Å². The average molecular weight is 312 g/mol. The van der Waals surface area contributed by atoms with Gasteiger partial charge < -0.3 is 5.73 Å². The molecule has 0 saturated heterocycles. The van der Waals surface area contributed by atoms with Crippen LogP contribution in [0, 0.1) is 20.8 Å². The van der Waals surface area contributed by atoms with Gasteiger partial charge in [-0.25, -0.2) is 13.1 Å². The first-order valence-electron chi connectivity index (χ1n) is 6.43. The summed E-state index contributed by atoms with van der Waals surface area (Å²) < 4.78 is 30.6. The van der Waals surface area contributed by atoms with E-state index >= 15 is 0 Å². The van der Waals surface area contributed by atoms with Crippen LogP contribution >= 0.6 is 0 Å². The van der Waals surface area contributed by atoms with E-state index in [2.05, 4.69) is 14.9 Å². The quantitative estimate of drug-likeness (QED) is 0.835. The van der Waals surface area contributed by atoms with Gasteiger partial charge in [0.15, 0.2) is 5.82 Å². The molecule has 0 aliphatic carbocycles. The smallest absolute Gasteiger partial charge is 0.246 e. The van der Waals surface area contributed by atoms with Gasteiger partial charge in [-0.1, -0.05) is 0 Å². The van der Waals surface area contributed by atoms with Gasteiger partial charge in [0.1, 0.15) is 4.90 Å². The first-order valence-corrected chi connectivity index (χ1v) is 7.91. The van der Waals surface area contributed by atoms with Crippen LogP contribution in [0.5, 0.6) is 0 Å². The first kappa shape index (κ1) is 15.5. The Morgan fingerprint density at radius 3 is 2.10 bits per heavy atom. The number of aryl methyl sites for hydroxylation is 3. The molecular formula is C12H20N6O2S. The summed E-state index contributed by atoms with van der Waals surface area (Å²) in [6.45, 7) is 5.58. The Morgan fingerprint density at radius 2 is 1.67 bits per heavy atom. The lowest BCUT2D eigenvalue weighted by atomic mass is 10.2. The number of nitrogens with zero attached hydrogens (tertiary/aromatic N) is 4. The fourth-order valence-electron chi connectivity index (χ4n) is 2.26. The molecule has 2 aromatic rings. The Labute approximate surface area is 124 Å². The molecule has 2 heterocycles. The third-order valence-electron chi connectivity index (χ3n) is 3.67. The topological polar surface area (TPSA) is 108 Å². The van der Waals surface area contributed by atoms with Crippen molar-refractivity contribution < 1.29 is 8.42 Å². The normalized spacial score (nSPS) is 12.0. The summed E-state index contributed by atoms with van der Waals surface area (Å²) >= 11 is 0.